The molecule has 0 radical (unpaired) electrons. The van der Waals surface area contributed by atoms with E-state index in [0.717, 1.165) is 23.2 Å². The Morgan fingerprint density at radius 1 is 0.783 bits per heavy atom. The number of nitrogens with two attached hydrogens (primary N) is 1. The highest BCUT2D eigenvalue weighted by atomic mass is 14.6. The molecule has 0 amide bonds. The van der Waals surface area contributed by atoms with Crippen LogP contribution in [0.1, 0.15) is 31.7 Å². The zero-order valence-corrected chi connectivity index (χ0v) is 13.8. The molecule has 1 nitrogen and oxygen atoms in total. The predicted octanol–water partition coefficient (Wildman–Crippen LogP) is 6.12. The summed E-state index contributed by atoms with van der Waals surface area (Å²) in [7, 11) is 0. The molecule has 3 rings (SSSR count). The first-order valence-corrected chi connectivity index (χ1v) is 8.25. The SMILES string of the molecule is CCC(C)c1cc(-c2ccccc2)c(N)c(-c2ccccc2)c1. The van der Waals surface area contributed by atoms with Crippen molar-refractivity contribution in [3.05, 3.63) is 78.4 Å². The Labute approximate surface area is 138 Å². The van der Waals surface area contributed by atoms with Crippen LogP contribution in [0, 0.1) is 0 Å². The summed E-state index contributed by atoms with van der Waals surface area (Å²) in [6.45, 7) is 4.50. The van der Waals surface area contributed by atoms with Gasteiger partial charge in [-0.3, -0.25) is 0 Å². The summed E-state index contributed by atoms with van der Waals surface area (Å²) >= 11 is 0. The summed E-state index contributed by atoms with van der Waals surface area (Å²) in [5.41, 5.74) is 13.4. The summed E-state index contributed by atoms with van der Waals surface area (Å²) in [5, 5.41) is 0. The molecule has 0 aliphatic heterocycles. The van der Waals surface area contributed by atoms with Crippen LogP contribution in [-0.2, 0) is 0 Å². The molecule has 0 bridgehead atoms. The van der Waals surface area contributed by atoms with E-state index in [9.17, 15) is 0 Å². The molecule has 0 aromatic heterocycles. The Morgan fingerprint density at radius 2 is 1.22 bits per heavy atom. The highest BCUT2D eigenvalue weighted by Gasteiger charge is 2.14. The molecule has 0 spiro atoms. The average Bonchev–Trinajstić information content (AvgIpc) is 2.62. The van der Waals surface area contributed by atoms with Gasteiger partial charge in [0.1, 0.15) is 0 Å². The van der Waals surface area contributed by atoms with Crippen molar-refractivity contribution >= 4 is 5.69 Å². The van der Waals surface area contributed by atoms with Gasteiger partial charge in [-0.15, -0.1) is 0 Å². The standard InChI is InChI=1S/C22H23N/c1-3-16(2)19-14-20(17-10-6-4-7-11-17)22(23)21(15-19)18-12-8-5-9-13-18/h4-16H,3,23H2,1-2H3. The molecule has 3 aromatic rings. The van der Waals surface area contributed by atoms with Gasteiger partial charge in [-0.1, -0.05) is 74.5 Å². The first kappa shape index (κ1) is 15.4. The molecule has 0 saturated heterocycles. The lowest BCUT2D eigenvalue weighted by Crippen LogP contribution is -1.99. The fourth-order valence-electron chi connectivity index (χ4n) is 2.91. The second-order valence-electron chi connectivity index (χ2n) is 6.07. The quantitative estimate of drug-likeness (QED) is 0.577. The van der Waals surface area contributed by atoms with E-state index in [-0.39, 0.29) is 0 Å². The number of rotatable bonds is 4. The Balaban J connectivity index is 2.24. The number of hydrogen-bond acceptors (Lipinski definition) is 1. The average molecular weight is 301 g/mol. The van der Waals surface area contributed by atoms with Crippen LogP contribution < -0.4 is 5.73 Å². The number of anilines is 1. The first-order valence-electron chi connectivity index (χ1n) is 8.25. The van der Waals surface area contributed by atoms with Crippen LogP contribution in [0.3, 0.4) is 0 Å². The molecule has 1 unspecified atom stereocenters. The lowest BCUT2D eigenvalue weighted by Gasteiger charge is -2.18. The number of nitrogen functional groups attached to an aromatic ring is 1. The van der Waals surface area contributed by atoms with E-state index in [1.807, 2.05) is 12.1 Å². The van der Waals surface area contributed by atoms with Crippen LogP contribution >= 0.6 is 0 Å². The van der Waals surface area contributed by atoms with E-state index >= 15 is 0 Å². The van der Waals surface area contributed by atoms with Gasteiger partial charge in [0.05, 0.1) is 0 Å². The third-order valence-corrected chi connectivity index (χ3v) is 4.55. The van der Waals surface area contributed by atoms with Crippen molar-refractivity contribution in [2.75, 3.05) is 5.73 Å². The fourth-order valence-corrected chi connectivity index (χ4v) is 2.91. The molecule has 0 aliphatic carbocycles. The minimum Gasteiger partial charge on any atom is -0.398 e. The molecule has 0 fully saturated rings. The third kappa shape index (κ3) is 3.14. The van der Waals surface area contributed by atoms with Crippen LogP contribution in [0.4, 0.5) is 5.69 Å². The van der Waals surface area contributed by atoms with Gasteiger partial charge in [0.15, 0.2) is 0 Å². The van der Waals surface area contributed by atoms with E-state index in [1.165, 1.54) is 16.7 Å². The maximum atomic E-state index is 6.56. The van der Waals surface area contributed by atoms with Crippen molar-refractivity contribution < 1.29 is 0 Å². The Kier molecular flexibility index (Phi) is 4.47. The Hall–Kier alpha value is -2.54. The van der Waals surface area contributed by atoms with Crippen molar-refractivity contribution in [3.63, 3.8) is 0 Å². The Morgan fingerprint density at radius 3 is 1.61 bits per heavy atom. The van der Waals surface area contributed by atoms with Crippen LogP contribution in [0.25, 0.3) is 22.3 Å². The van der Waals surface area contributed by atoms with Crippen molar-refractivity contribution in [3.8, 4) is 22.3 Å². The van der Waals surface area contributed by atoms with E-state index in [1.54, 1.807) is 0 Å². The van der Waals surface area contributed by atoms with E-state index < -0.39 is 0 Å². The zero-order chi connectivity index (χ0) is 16.2. The van der Waals surface area contributed by atoms with Gasteiger partial charge in [0.25, 0.3) is 0 Å². The molecule has 23 heavy (non-hydrogen) atoms. The molecule has 2 N–H and O–H groups in total. The van der Waals surface area contributed by atoms with Crippen LogP contribution in [0.2, 0.25) is 0 Å². The summed E-state index contributed by atoms with van der Waals surface area (Å²) in [5.74, 6) is 0.514. The molecule has 1 atom stereocenters. The number of benzene rings is 3. The molecule has 0 aliphatic rings. The summed E-state index contributed by atoms with van der Waals surface area (Å²) in [4.78, 5) is 0. The van der Waals surface area contributed by atoms with Gasteiger partial charge in [-0.2, -0.15) is 0 Å². The predicted molar refractivity (Wildman–Crippen MR) is 100 cm³/mol. The first-order chi connectivity index (χ1) is 11.2. The van der Waals surface area contributed by atoms with Gasteiger partial charge >= 0.3 is 0 Å². The highest BCUT2D eigenvalue weighted by molar-refractivity contribution is 5.89. The second kappa shape index (κ2) is 6.70. The van der Waals surface area contributed by atoms with Gasteiger partial charge in [-0.05, 0) is 41.2 Å². The number of hydrogen-bond donors (Lipinski definition) is 1. The van der Waals surface area contributed by atoms with Crippen LogP contribution in [0.5, 0.6) is 0 Å². The van der Waals surface area contributed by atoms with E-state index in [0.29, 0.717) is 5.92 Å². The largest absolute Gasteiger partial charge is 0.398 e. The highest BCUT2D eigenvalue weighted by Crippen LogP contribution is 2.38. The lowest BCUT2D eigenvalue weighted by atomic mass is 9.89. The summed E-state index contributed by atoms with van der Waals surface area (Å²) in [6.07, 6.45) is 1.12. The molecule has 3 aromatic carbocycles. The third-order valence-electron chi connectivity index (χ3n) is 4.55. The zero-order valence-electron chi connectivity index (χ0n) is 13.8. The molecule has 116 valence electrons. The van der Waals surface area contributed by atoms with Crippen LogP contribution in [-0.4, -0.2) is 0 Å². The van der Waals surface area contributed by atoms with Crippen molar-refractivity contribution in [2.45, 2.75) is 26.2 Å². The topological polar surface area (TPSA) is 26.0 Å². The maximum absolute atomic E-state index is 6.56. The van der Waals surface area contributed by atoms with Crippen molar-refractivity contribution in [1.29, 1.82) is 0 Å². The van der Waals surface area contributed by atoms with Gasteiger partial charge < -0.3 is 5.73 Å². The van der Waals surface area contributed by atoms with E-state index in [4.69, 9.17) is 5.73 Å². The second-order valence-corrected chi connectivity index (χ2v) is 6.07. The van der Waals surface area contributed by atoms with Crippen molar-refractivity contribution in [2.24, 2.45) is 0 Å². The Bertz CT molecular complexity index is 715. The van der Waals surface area contributed by atoms with Crippen LogP contribution in [0.15, 0.2) is 72.8 Å². The van der Waals surface area contributed by atoms with Gasteiger partial charge in [0.2, 0.25) is 0 Å². The van der Waals surface area contributed by atoms with E-state index in [2.05, 4.69) is 74.5 Å². The smallest absolute Gasteiger partial charge is 0.0473 e. The molecular weight excluding hydrogens is 278 g/mol. The molecule has 0 saturated carbocycles. The van der Waals surface area contributed by atoms with Crippen molar-refractivity contribution in [1.82, 2.24) is 0 Å². The minimum atomic E-state index is 0.514. The lowest BCUT2D eigenvalue weighted by molar-refractivity contribution is 0.734. The molecule has 1 heteroatoms. The minimum absolute atomic E-state index is 0.514. The van der Waals surface area contributed by atoms with Gasteiger partial charge in [-0.25, -0.2) is 0 Å². The monoisotopic (exact) mass is 301 g/mol. The normalized spacial score (nSPS) is 12.1. The maximum Gasteiger partial charge on any atom is 0.0473 e. The molecule has 0 heterocycles. The summed E-state index contributed by atoms with van der Waals surface area (Å²) in [6, 6.07) is 25.3. The summed E-state index contributed by atoms with van der Waals surface area (Å²) < 4.78 is 0. The van der Waals surface area contributed by atoms with Gasteiger partial charge in [0, 0.05) is 16.8 Å². The fraction of sp³-hybridized carbons (Fsp3) is 0.182. The molecular formula is C22H23N.